The van der Waals surface area contributed by atoms with Crippen LogP contribution >= 0.6 is 15.9 Å². The molecular weight excluding hydrogens is 514 g/mol. The van der Waals surface area contributed by atoms with Crippen molar-refractivity contribution in [3.8, 4) is 11.5 Å². The molecule has 0 unspecified atom stereocenters. The zero-order valence-corrected chi connectivity index (χ0v) is 21.6. The third-order valence-electron chi connectivity index (χ3n) is 5.01. The number of anilines is 1. The molecule has 0 aliphatic heterocycles. The number of carbonyl (C=O) groups excluding carboxylic acids is 2. The predicted molar refractivity (Wildman–Crippen MR) is 130 cm³/mol. The van der Waals surface area contributed by atoms with Crippen molar-refractivity contribution in [2.24, 2.45) is 0 Å². The molecular formula is C22H28BrN3O6S. The summed E-state index contributed by atoms with van der Waals surface area (Å²) in [6.07, 6.45) is 1.01. The molecule has 0 fully saturated rings. The van der Waals surface area contributed by atoms with Crippen LogP contribution in [0.25, 0.3) is 0 Å². The van der Waals surface area contributed by atoms with Crippen LogP contribution in [0.2, 0.25) is 0 Å². The number of sulfonamides is 1. The van der Waals surface area contributed by atoms with E-state index >= 15 is 0 Å². The van der Waals surface area contributed by atoms with Gasteiger partial charge in [0.15, 0.2) is 11.5 Å². The van der Waals surface area contributed by atoms with Crippen LogP contribution in [0.1, 0.15) is 12.5 Å². The van der Waals surface area contributed by atoms with Crippen molar-refractivity contribution in [1.82, 2.24) is 10.2 Å². The second kappa shape index (κ2) is 11.4. The first kappa shape index (κ1) is 26.5. The molecule has 0 bridgehead atoms. The van der Waals surface area contributed by atoms with Crippen molar-refractivity contribution in [2.45, 2.75) is 19.5 Å². The van der Waals surface area contributed by atoms with E-state index in [-0.39, 0.29) is 18.1 Å². The molecule has 1 atom stereocenters. The van der Waals surface area contributed by atoms with Gasteiger partial charge in [-0.2, -0.15) is 0 Å². The molecule has 0 aliphatic rings. The Morgan fingerprint density at radius 1 is 1.06 bits per heavy atom. The highest BCUT2D eigenvalue weighted by molar-refractivity contribution is 9.10. The van der Waals surface area contributed by atoms with Gasteiger partial charge in [-0.15, -0.1) is 0 Å². The second-order valence-electron chi connectivity index (χ2n) is 7.25. The molecule has 0 aromatic heterocycles. The molecule has 0 saturated carbocycles. The number of ether oxygens (including phenoxy) is 2. The average Bonchev–Trinajstić information content (AvgIpc) is 2.79. The summed E-state index contributed by atoms with van der Waals surface area (Å²) in [5, 5.41) is 2.54. The Labute approximate surface area is 202 Å². The van der Waals surface area contributed by atoms with Crippen LogP contribution in [-0.2, 0) is 26.2 Å². The van der Waals surface area contributed by atoms with E-state index in [9.17, 15) is 18.0 Å². The molecule has 0 heterocycles. The fraction of sp³-hybridized carbons (Fsp3) is 0.364. The summed E-state index contributed by atoms with van der Waals surface area (Å²) in [4.78, 5) is 27.0. The van der Waals surface area contributed by atoms with Gasteiger partial charge in [0, 0.05) is 24.1 Å². The Morgan fingerprint density at radius 3 is 2.18 bits per heavy atom. The predicted octanol–water partition coefficient (Wildman–Crippen LogP) is 2.40. The minimum atomic E-state index is -3.84. The van der Waals surface area contributed by atoms with Gasteiger partial charge in [-0.3, -0.25) is 13.9 Å². The minimum absolute atomic E-state index is 0.129. The molecule has 0 spiro atoms. The molecule has 11 heteroatoms. The van der Waals surface area contributed by atoms with Crippen molar-refractivity contribution in [2.75, 3.05) is 38.4 Å². The van der Waals surface area contributed by atoms with Gasteiger partial charge in [-0.1, -0.05) is 28.1 Å². The zero-order chi connectivity index (χ0) is 24.8. The van der Waals surface area contributed by atoms with Crippen LogP contribution in [0.3, 0.4) is 0 Å². The molecule has 33 heavy (non-hydrogen) atoms. The fourth-order valence-corrected chi connectivity index (χ4v) is 4.28. The topological polar surface area (TPSA) is 105 Å². The molecule has 1 N–H and O–H groups in total. The molecule has 2 amide bonds. The number of methoxy groups -OCH3 is 2. The lowest BCUT2D eigenvalue weighted by atomic mass is 10.1. The van der Waals surface area contributed by atoms with Crippen molar-refractivity contribution in [3.05, 3.63) is 52.5 Å². The van der Waals surface area contributed by atoms with E-state index in [4.69, 9.17) is 9.47 Å². The van der Waals surface area contributed by atoms with E-state index in [1.165, 1.54) is 38.3 Å². The number of halogens is 1. The molecule has 180 valence electrons. The number of hydrogen-bond acceptors (Lipinski definition) is 6. The molecule has 2 aromatic carbocycles. The number of carbonyl (C=O) groups is 2. The summed E-state index contributed by atoms with van der Waals surface area (Å²) in [6, 6.07) is 11.0. The number of nitrogens with one attached hydrogen (secondary N) is 1. The van der Waals surface area contributed by atoms with E-state index in [0.29, 0.717) is 11.5 Å². The first-order valence-corrected chi connectivity index (χ1v) is 12.6. The lowest BCUT2D eigenvalue weighted by Gasteiger charge is -2.31. The maximum atomic E-state index is 13.4. The van der Waals surface area contributed by atoms with Crippen LogP contribution in [0, 0.1) is 0 Å². The summed E-state index contributed by atoms with van der Waals surface area (Å²) >= 11 is 3.37. The lowest BCUT2D eigenvalue weighted by molar-refractivity contribution is -0.139. The molecule has 0 saturated heterocycles. The van der Waals surface area contributed by atoms with Crippen molar-refractivity contribution in [1.29, 1.82) is 0 Å². The first-order valence-electron chi connectivity index (χ1n) is 9.97. The Bertz CT molecular complexity index is 1090. The Morgan fingerprint density at radius 2 is 1.67 bits per heavy atom. The smallest absolute Gasteiger partial charge is 0.244 e. The van der Waals surface area contributed by atoms with Gasteiger partial charge in [0.25, 0.3) is 0 Å². The monoisotopic (exact) mass is 541 g/mol. The van der Waals surface area contributed by atoms with Crippen LogP contribution in [0.5, 0.6) is 11.5 Å². The summed E-state index contributed by atoms with van der Waals surface area (Å²) < 4.78 is 37.5. The summed E-state index contributed by atoms with van der Waals surface area (Å²) in [6.45, 7) is 1.23. The Balaban J connectivity index is 2.42. The maximum Gasteiger partial charge on any atom is 0.244 e. The third kappa shape index (κ3) is 6.84. The number of hydrogen-bond donors (Lipinski definition) is 1. The quantitative estimate of drug-likeness (QED) is 0.495. The van der Waals surface area contributed by atoms with Crippen LogP contribution in [-0.4, -0.2) is 65.2 Å². The Kier molecular flexibility index (Phi) is 9.12. The minimum Gasteiger partial charge on any atom is -0.493 e. The highest BCUT2D eigenvalue weighted by atomic mass is 79.9. The first-order chi connectivity index (χ1) is 15.5. The van der Waals surface area contributed by atoms with E-state index in [2.05, 4.69) is 21.2 Å². The average molecular weight is 542 g/mol. The van der Waals surface area contributed by atoms with Gasteiger partial charge in [-0.25, -0.2) is 8.42 Å². The maximum absolute atomic E-state index is 13.4. The van der Waals surface area contributed by atoms with Gasteiger partial charge in [0.05, 0.1) is 26.2 Å². The standard InChI is InChI=1S/C22H28BrN3O6S/c1-15(22(28)24-2)25(13-16-6-8-17(23)9-7-16)21(27)14-26(33(5,29)30)18-10-11-19(31-3)20(12-18)32-4/h6-12,15H,13-14H2,1-5H3,(H,24,28)/t15-/m1/s1. The molecule has 0 aliphatic carbocycles. The second-order valence-corrected chi connectivity index (χ2v) is 10.1. The van der Waals surface area contributed by atoms with Crippen molar-refractivity contribution in [3.63, 3.8) is 0 Å². The molecule has 2 rings (SSSR count). The Hall–Kier alpha value is -2.79. The third-order valence-corrected chi connectivity index (χ3v) is 6.68. The molecule has 9 nitrogen and oxygen atoms in total. The van der Waals surface area contributed by atoms with E-state index in [0.717, 1.165) is 20.6 Å². The van der Waals surface area contributed by atoms with Crippen LogP contribution in [0.4, 0.5) is 5.69 Å². The highest BCUT2D eigenvalue weighted by Gasteiger charge is 2.30. The molecule has 0 radical (unpaired) electrons. The van der Waals surface area contributed by atoms with Crippen molar-refractivity contribution >= 4 is 43.5 Å². The number of benzene rings is 2. The number of rotatable bonds is 10. The van der Waals surface area contributed by atoms with Gasteiger partial charge in [0.1, 0.15) is 12.6 Å². The van der Waals surface area contributed by atoms with E-state index in [1.807, 2.05) is 24.3 Å². The number of amides is 2. The fourth-order valence-electron chi connectivity index (χ4n) is 3.17. The number of nitrogens with zero attached hydrogens (tertiary/aromatic N) is 2. The van der Waals surface area contributed by atoms with E-state index in [1.54, 1.807) is 13.0 Å². The van der Waals surface area contributed by atoms with Gasteiger partial charge < -0.3 is 19.7 Å². The molecule has 2 aromatic rings. The van der Waals surface area contributed by atoms with Gasteiger partial charge in [0.2, 0.25) is 21.8 Å². The van der Waals surface area contributed by atoms with Gasteiger partial charge >= 0.3 is 0 Å². The van der Waals surface area contributed by atoms with Gasteiger partial charge in [-0.05, 0) is 36.8 Å². The van der Waals surface area contributed by atoms with Crippen molar-refractivity contribution < 1.29 is 27.5 Å². The number of likely N-dealkylation sites (N-methyl/N-ethyl adjacent to an activating group) is 1. The lowest BCUT2D eigenvalue weighted by Crippen LogP contribution is -2.50. The summed E-state index contributed by atoms with van der Waals surface area (Å²) in [5.41, 5.74) is 1.03. The van der Waals surface area contributed by atoms with Crippen LogP contribution < -0.4 is 19.1 Å². The van der Waals surface area contributed by atoms with Crippen LogP contribution in [0.15, 0.2) is 46.9 Å². The van der Waals surface area contributed by atoms with E-state index < -0.39 is 28.5 Å². The summed E-state index contributed by atoms with van der Waals surface area (Å²) in [5.74, 6) is -0.153. The highest BCUT2D eigenvalue weighted by Crippen LogP contribution is 2.32. The largest absolute Gasteiger partial charge is 0.493 e. The zero-order valence-electron chi connectivity index (χ0n) is 19.2. The SMILES string of the molecule is CNC(=O)[C@@H](C)N(Cc1ccc(Br)cc1)C(=O)CN(c1ccc(OC)c(OC)c1)S(C)(=O)=O. The normalized spacial score (nSPS) is 11.9. The summed E-state index contributed by atoms with van der Waals surface area (Å²) in [7, 11) is 0.542.